The standard InChI is InChI=1S/C10H14BrN3O4S/c1-18-9(15)3-2-4-19(16,17)14-10-8(11)5-7(12)6-13-10/h5-6H,2-4,12H2,1H3,(H,13,14). The van der Waals surface area contributed by atoms with Crippen LogP contribution in [0.1, 0.15) is 12.8 Å². The number of hydrogen-bond donors (Lipinski definition) is 2. The van der Waals surface area contributed by atoms with Crippen LogP contribution in [0.3, 0.4) is 0 Å². The number of hydrogen-bond acceptors (Lipinski definition) is 6. The third kappa shape index (κ3) is 5.43. The minimum Gasteiger partial charge on any atom is -0.469 e. The highest BCUT2D eigenvalue weighted by atomic mass is 79.9. The molecule has 0 saturated heterocycles. The summed E-state index contributed by atoms with van der Waals surface area (Å²) >= 11 is 3.16. The van der Waals surface area contributed by atoms with E-state index in [0.29, 0.717) is 10.2 Å². The number of carbonyl (C=O) groups is 1. The van der Waals surface area contributed by atoms with Crippen LogP contribution in [0, 0.1) is 0 Å². The topological polar surface area (TPSA) is 111 Å². The monoisotopic (exact) mass is 351 g/mol. The Labute approximate surface area is 119 Å². The second-order valence-corrected chi connectivity index (χ2v) is 6.40. The Morgan fingerprint density at radius 3 is 2.84 bits per heavy atom. The molecule has 0 radical (unpaired) electrons. The van der Waals surface area contributed by atoms with E-state index in [4.69, 9.17) is 5.73 Å². The molecule has 1 aromatic rings. The van der Waals surface area contributed by atoms with Gasteiger partial charge in [-0.2, -0.15) is 0 Å². The molecule has 0 saturated carbocycles. The third-order valence-electron chi connectivity index (χ3n) is 2.14. The molecule has 0 bridgehead atoms. The number of esters is 1. The number of aromatic nitrogens is 1. The second kappa shape index (κ2) is 6.71. The lowest BCUT2D eigenvalue weighted by molar-refractivity contribution is -0.140. The maximum Gasteiger partial charge on any atom is 0.305 e. The first kappa shape index (κ1) is 15.7. The molecular weight excluding hydrogens is 338 g/mol. The van der Waals surface area contributed by atoms with Crippen molar-refractivity contribution in [3.8, 4) is 0 Å². The van der Waals surface area contributed by atoms with Crippen LogP contribution < -0.4 is 10.5 Å². The van der Waals surface area contributed by atoms with Gasteiger partial charge in [-0.1, -0.05) is 0 Å². The van der Waals surface area contributed by atoms with Gasteiger partial charge in [-0.15, -0.1) is 0 Å². The maximum atomic E-state index is 11.8. The lowest BCUT2D eigenvalue weighted by Gasteiger charge is -2.08. The fourth-order valence-electron chi connectivity index (χ4n) is 1.23. The van der Waals surface area contributed by atoms with Crippen molar-refractivity contribution in [3.63, 3.8) is 0 Å². The van der Waals surface area contributed by atoms with Gasteiger partial charge in [0.15, 0.2) is 5.82 Å². The maximum absolute atomic E-state index is 11.8. The summed E-state index contributed by atoms with van der Waals surface area (Å²) in [7, 11) is -2.31. The summed E-state index contributed by atoms with van der Waals surface area (Å²) in [6.07, 6.45) is 1.57. The van der Waals surface area contributed by atoms with Crippen molar-refractivity contribution in [1.29, 1.82) is 0 Å². The average molecular weight is 352 g/mol. The predicted octanol–water partition coefficient (Wildman–Crippen LogP) is 1.12. The molecule has 1 rings (SSSR count). The number of carbonyl (C=O) groups excluding carboxylic acids is 1. The van der Waals surface area contributed by atoms with Crippen LogP contribution in [0.2, 0.25) is 0 Å². The zero-order valence-corrected chi connectivity index (χ0v) is 12.6. The van der Waals surface area contributed by atoms with Gasteiger partial charge in [0.1, 0.15) is 0 Å². The Hall–Kier alpha value is -1.35. The highest BCUT2D eigenvalue weighted by Crippen LogP contribution is 2.22. The largest absolute Gasteiger partial charge is 0.469 e. The van der Waals surface area contributed by atoms with E-state index in [1.807, 2.05) is 0 Å². The molecule has 1 heterocycles. The van der Waals surface area contributed by atoms with E-state index in [0.717, 1.165) is 0 Å². The van der Waals surface area contributed by atoms with Crippen LogP contribution in [0.4, 0.5) is 11.5 Å². The molecule has 0 aromatic carbocycles. The first-order valence-electron chi connectivity index (χ1n) is 5.32. The number of nitrogen functional groups attached to an aromatic ring is 1. The van der Waals surface area contributed by atoms with Crippen molar-refractivity contribution < 1.29 is 17.9 Å². The quantitative estimate of drug-likeness (QED) is 0.742. The van der Waals surface area contributed by atoms with Crippen LogP contribution >= 0.6 is 15.9 Å². The number of ether oxygens (including phenoxy) is 1. The van der Waals surface area contributed by atoms with Gasteiger partial charge in [0.25, 0.3) is 0 Å². The van der Waals surface area contributed by atoms with E-state index in [1.165, 1.54) is 13.3 Å². The summed E-state index contributed by atoms with van der Waals surface area (Å²) in [5.41, 5.74) is 5.92. The highest BCUT2D eigenvalue weighted by Gasteiger charge is 2.14. The number of halogens is 1. The number of nitrogens with zero attached hydrogens (tertiary/aromatic N) is 1. The van der Waals surface area contributed by atoms with Gasteiger partial charge in [0, 0.05) is 6.42 Å². The first-order chi connectivity index (χ1) is 8.84. The summed E-state index contributed by atoms with van der Waals surface area (Å²) in [6.45, 7) is 0. The van der Waals surface area contributed by atoms with Crippen molar-refractivity contribution in [2.24, 2.45) is 0 Å². The normalized spacial score (nSPS) is 11.1. The Morgan fingerprint density at radius 2 is 2.26 bits per heavy atom. The van der Waals surface area contributed by atoms with E-state index < -0.39 is 16.0 Å². The summed E-state index contributed by atoms with van der Waals surface area (Å²) in [5, 5.41) is 0. The fourth-order valence-corrected chi connectivity index (χ4v) is 2.92. The zero-order valence-electron chi connectivity index (χ0n) is 10.2. The highest BCUT2D eigenvalue weighted by molar-refractivity contribution is 9.10. The Kier molecular flexibility index (Phi) is 5.55. The molecule has 19 heavy (non-hydrogen) atoms. The summed E-state index contributed by atoms with van der Waals surface area (Å²) < 4.78 is 30.7. The van der Waals surface area contributed by atoms with Gasteiger partial charge in [-0.05, 0) is 28.4 Å². The Morgan fingerprint density at radius 1 is 1.58 bits per heavy atom. The molecule has 0 unspecified atom stereocenters. The predicted molar refractivity (Wildman–Crippen MR) is 75.0 cm³/mol. The van der Waals surface area contributed by atoms with Crippen LogP contribution in [0.25, 0.3) is 0 Å². The molecule has 0 aliphatic rings. The average Bonchev–Trinajstić information content (AvgIpc) is 2.32. The first-order valence-corrected chi connectivity index (χ1v) is 7.77. The van der Waals surface area contributed by atoms with Crippen LogP contribution in [-0.2, 0) is 19.6 Å². The van der Waals surface area contributed by atoms with Crippen molar-refractivity contribution in [2.75, 3.05) is 23.3 Å². The molecule has 106 valence electrons. The number of nitrogens with one attached hydrogen (secondary N) is 1. The molecule has 0 aliphatic carbocycles. The SMILES string of the molecule is COC(=O)CCCS(=O)(=O)Nc1ncc(N)cc1Br. The van der Waals surface area contributed by atoms with E-state index in [1.54, 1.807) is 6.07 Å². The molecule has 0 atom stereocenters. The van der Waals surface area contributed by atoms with Crippen LogP contribution in [-0.4, -0.2) is 32.2 Å². The molecule has 0 amide bonds. The number of rotatable bonds is 6. The Balaban J connectivity index is 2.61. The van der Waals surface area contributed by atoms with Gasteiger partial charge in [0.2, 0.25) is 10.0 Å². The van der Waals surface area contributed by atoms with Crippen molar-refractivity contribution in [2.45, 2.75) is 12.8 Å². The second-order valence-electron chi connectivity index (χ2n) is 3.70. The van der Waals surface area contributed by atoms with Crippen molar-refractivity contribution in [1.82, 2.24) is 4.98 Å². The molecular formula is C10H14BrN3O4S. The molecule has 1 aromatic heterocycles. The number of methoxy groups -OCH3 is 1. The molecule has 3 N–H and O–H groups in total. The lowest BCUT2D eigenvalue weighted by atomic mass is 10.3. The molecule has 7 nitrogen and oxygen atoms in total. The molecule has 0 spiro atoms. The van der Waals surface area contributed by atoms with Gasteiger partial charge >= 0.3 is 5.97 Å². The van der Waals surface area contributed by atoms with Gasteiger partial charge in [0.05, 0.1) is 29.2 Å². The van der Waals surface area contributed by atoms with Crippen LogP contribution in [0.15, 0.2) is 16.7 Å². The van der Waals surface area contributed by atoms with Gasteiger partial charge in [-0.3, -0.25) is 9.52 Å². The molecule has 9 heteroatoms. The van der Waals surface area contributed by atoms with Gasteiger partial charge in [-0.25, -0.2) is 13.4 Å². The summed E-state index contributed by atoms with van der Waals surface area (Å²) in [6, 6.07) is 1.54. The smallest absolute Gasteiger partial charge is 0.305 e. The minimum absolute atomic E-state index is 0.0494. The Bertz CT molecular complexity index is 562. The van der Waals surface area contributed by atoms with Crippen molar-refractivity contribution in [3.05, 3.63) is 16.7 Å². The molecule has 0 aliphatic heterocycles. The number of pyridine rings is 1. The number of sulfonamides is 1. The van der Waals surface area contributed by atoms with E-state index in [2.05, 4.69) is 30.4 Å². The lowest BCUT2D eigenvalue weighted by Crippen LogP contribution is -2.18. The van der Waals surface area contributed by atoms with Crippen molar-refractivity contribution >= 4 is 43.4 Å². The van der Waals surface area contributed by atoms with E-state index >= 15 is 0 Å². The summed E-state index contributed by atoms with van der Waals surface area (Å²) in [4.78, 5) is 14.7. The van der Waals surface area contributed by atoms with Crippen LogP contribution in [0.5, 0.6) is 0 Å². The minimum atomic E-state index is -3.56. The summed E-state index contributed by atoms with van der Waals surface area (Å²) in [5.74, 6) is -0.477. The zero-order chi connectivity index (χ0) is 14.5. The fraction of sp³-hybridized carbons (Fsp3) is 0.400. The van der Waals surface area contributed by atoms with E-state index in [-0.39, 0.29) is 24.4 Å². The molecule has 0 fully saturated rings. The van der Waals surface area contributed by atoms with E-state index in [9.17, 15) is 13.2 Å². The third-order valence-corrected chi connectivity index (χ3v) is 4.07. The number of anilines is 2. The van der Waals surface area contributed by atoms with Gasteiger partial charge < -0.3 is 10.5 Å². The number of nitrogens with two attached hydrogens (primary N) is 1.